The summed E-state index contributed by atoms with van der Waals surface area (Å²) in [6.07, 6.45) is 1.54. The van der Waals surface area contributed by atoms with Crippen LogP contribution in [0.25, 0.3) is 21.9 Å². The van der Waals surface area contributed by atoms with Gasteiger partial charge < -0.3 is 19.2 Å². The van der Waals surface area contributed by atoms with Crippen LogP contribution in [-0.4, -0.2) is 16.7 Å². The molecule has 29 heavy (non-hydrogen) atoms. The van der Waals surface area contributed by atoms with Gasteiger partial charge in [-0.25, -0.2) is 4.98 Å². The lowest BCUT2D eigenvalue weighted by molar-refractivity contribution is -0.575. The Hall–Kier alpha value is -3.12. The molecule has 6 heteroatoms. The molecule has 0 aliphatic heterocycles. The number of aromatic nitrogens is 3. The monoisotopic (exact) mass is 391 g/mol. The Balaban J connectivity index is 1.83. The fourth-order valence-corrected chi connectivity index (χ4v) is 3.60. The van der Waals surface area contributed by atoms with E-state index < -0.39 is 0 Å². The van der Waals surface area contributed by atoms with E-state index in [-0.39, 0.29) is 0 Å². The van der Waals surface area contributed by atoms with E-state index in [2.05, 4.69) is 23.4 Å². The lowest BCUT2D eigenvalue weighted by Gasteiger charge is -2.13. The van der Waals surface area contributed by atoms with Gasteiger partial charge in [-0.15, -0.1) is 0 Å². The summed E-state index contributed by atoms with van der Waals surface area (Å²) >= 11 is 0. The molecular formula is C23H25N3O3. The molecule has 6 nitrogen and oxygen atoms in total. The van der Waals surface area contributed by atoms with Crippen molar-refractivity contribution in [2.24, 2.45) is 5.92 Å². The van der Waals surface area contributed by atoms with Gasteiger partial charge in [0.1, 0.15) is 24.8 Å². The number of hydrogen-bond donors (Lipinski definition) is 0. The Kier molecular flexibility index (Phi) is 5.36. The Morgan fingerprint density at radius 1 is 1.10 bits per heavy atom. The van der Waals surface area contributed by atoms with Gasteiger partial charge in [-0.3, -0.25) is 0 Å². The van der Waals surface area contributed by atoms with Crippen LogP contribution in [0.4, 0.5) is 0 Å². The van der Waals surface area contributed by atoms with Crippen molar-refractivity contribution in [2.45, 2.75) is 33.6 Å². The van der Waals surface area contributed by atoms with E-state index in [1.807, 2.05) is 48.5 Å². The summed E-state index contributed by atoms with van der Waals surface area (Å²) in [5.74, 6) is 1.97. The summed E-state index contributed by atoms with van der Waals surface area (Å²) in [5, 5.41) is 13.4. The zero-order chi connectivity index (χ0) is 20.4. The van der Waals surface area contributed by atoms with Crippen molar-refractivity contribution in [3.05, 3.63) is 71.3 Å². The molecule has 0 aliphatic rings. The maximum Gasteiger partial charge on any atom is 0.226 e. The molecule has 0 aliphatic carbocycles. The van der Waals surface area contributed by atoms with E-state index in [0.29, 0.717) is 30.2 Å². The topological polar surface area (TPSA) is 63.2 Å². The number of pyridine rings is 1. The Morgan fingerprint density at radius 2 is 1.90 bits per heavy atom. The van der Waals surface area contributed by atoms with Gasteiger partial charge >= 0.3 is 0 Å². The third-order valence-corrected chi connectivity index (χ3v) is 4.84. The number of fused-ring (bicyclic) bond motifs is 3. The first-order valence-corrected chi connectivity index (χ1v) is 9.77. The van der Waals surface area contributed by atoms with Gasteiger partial charge in [-0.1, -0.05) is 44.2 Å². The van der Waals surface area contributed by atoms with Gasteiger partial charge in [0, 0.05) is 19.7 Å². The molecule has 0 unspecified atom stereocenters. The second kappa shape index (κ2) is 8.09. The molecule has 0 amide bonds. The number of ether oxygens (including phenoxy) is 2. The predicted octanol–water partition coefficient (Wildman–Crippen LogP) is 4.20. The summed E-state index contributed by atoms with van der Waals surface area (Å²) in [7, 11) is 1.65. The number of hydrogen-bond acceptors (Lipinski definition) is 4. The molecule has 0 saturated carbocycles. The van der Waals surface area contributed by atoms with Crippen LogP contribution >= 0.6 is 0 Å². The molecule has 0 radical (unpaired) electrons. The summed E-state index contributed by atoms with van der Waals surface area (Å²) in [6.45, 7) is 5.99. The highest BCUT2D eigenvalue weighted by molar-refractivity contribution is 6.01. The van der Waals surface area contributed by atoms with Crippen molar-refractivity contribution >= 4 is 21.9 Å². The lowest BCUT2D eigenvalue weighted by Crippen LogP contribution is -2.26. The molecule has 4 rings (SSSR count). The average Bonchev–Trinajstić information content (AvgIpc) is 3.04. The number of rotatable bonds is 7. The molecule has 4 aromatic rings. The molecule has 0 N–H and O–H groups in total. The molecular weight excluding hydrogens is 366 g/mol. The van der Waals surface area contributed by atoms with Crippen molar-refractivity contribution in [2.75, 3.05) is 7.11 Å². The quantitative estimate of drug-likeness (QED) is 0.350. The second-order valence-corrected chi connectivity index (χ2v) is 7.61. The van der Waals surface area contributed by atoms with Crippen LogP contribution in [0.3, 0.4) is 0 Å². The largest absolute Gasteiger partial charge is 0.618 e. The summed E-state index contributed by atoms with van der Waals surface area (Å²) < 4.78 is 14.4. The van der Waals surface area contributed by atoms with Crippen molar-refractivity contribution in [3.8, 4) is 5.75 Å². The van der Waals surface area contributed by atoms with Gasteiger partial charge in [-0.05, 0) is 23.6 Å². The smallest absolute Gasteiger partial charge is 0.226 e. The average molecular weight is 391 g/mol. The maximum atomic E-state index is 12.6. The van der Waals surface area contributed by atoms with Crippen LogP contribution in [0.15, 0.2) is 54.7 Å². The first kappa shape index (κ1) is 19.2. The molecule has 150 valence electrons. The van der Waals surface area contributed by atoms with Gasteiger partial charge in [0.05, 0.1) is 10.9 Å². The first-order chi connectivity index (χ1) is 14.1. The molecule has 2 aromatic heterocycles. The molecule has 0 atom stereocenters. The highest BCUT2D eigenvalue weighted by Gasteiger charge is 2.20. The van der Waals surface area contributed by atoms with Crippen LogP contribution in [0, 0.1) is 11.1 Å². The van der Waals surface area contributed by atoms with E-state index in [1.165, 1.54) is 6.20 Å². The first-order valence-electron chi connectivity index (χ1n) is 9.77. The molecule has 0 saturated heterocycles. The fraction of sp³-hybridized carbons (Fsp3) is 0.304. The van der Waals surface area contributed by atoms with E-state index in [4.69, 9.17) is 9.47 Å². The van der Waals surface area contributed by atoms with Gasteiger partial charge in [-0.2, -0.15) is 4.73 Å². The van der Waals surface area contributed by atoms with E-state index in [9.17, 15) is 5.21 Å². The number of methoxy groups -OCH3 is 1. The van der Waals surface area contributed by atoms with Crippen molar-refractivity contribution in [3.63, 3.8) is 0 Å². The number of imidazole rings is 1. The predicted molar refractivity (Wildman–Crippen MR) is 113 cm³/mol. The highest BCUT2D eigenvalue weighted by Crippen LogP contribution is 2.28. The Labute approximate surface area is 169 Å². The highest BCUT2D eigenvalue weighted by atomic mass is 16.5. The van der Waals surface area contributed by atoms with Gasteiger partial charge in [0.25, 0.3) is 0 Å². The van der Waals surface area contributed by atoms with E-state index >= 15 is 0 Å². The van der Waals surface area contributed by atoms with Gasteiger partial charge in [0.2, 0.25) is 11.7 Å². The van der Waals surface area contributed by atoms with Crippen LogP contribution in [0.2, 0.25) is 0 Å². The van der Waals surface area contributed by atoms with Crippen molar-refractivity contribution in [1.82, 2.24) is 9.55 Å². The van der Waals surface area contributed by atoms with Crippen LogP contribution in [-0.2, 0) is 24.5 Å². The molecule has 0 spiro atoms. The Morgan fingerprint density at radius 3 is 2.62 bits per heavy atom. The zero-order valence-corrected chi connectivity index (χ0v) is 17.0. The molecule has 0 fully saturated rings. The minimum absolute atomic E-state index is 0.395. The van der Waals surface area contributed by atoms with E-state index in [0.717, 1.165) is 39.3 Å². The van der Waals surface area contributed by atoms with Crippen molar-refractivity contribution < 1.29 is 14.2 Å². The summed E-state index contributed by atoms with van der Waals surface area (Å²) in [5.41, 5.74) is 3.30. The summed E-state index contributed by atoms with van der Waals surface area (Å²) in [6, 6.07) is 15.6. The SMILES string of the molecule is COCc1nc2c[n+]([O-])c3ccc(OCc4ccccc4)cc3c2n1CC(C)C. The van der Waals surface area contributed by atoms with Crippen LogP contribution in [0.5, 0.6) is 5.75 Å². The molecule has 2 heterocycles. The summed E-state index contributed by atoms with van der Waals surface area (Å²) in [4.78, 5) is 4.67. The molecule has 0 bridgehead atoms. The van der Waals surface area contributed by atoms with Gasteiger partial charge in [0.15, 0.2) is 5.52 Å². The third-order valence-electron chi connectivity index (χ3n) is 4.84. The lowest BCUT2D eigenvalue weighted by atomic mass is 10.1. The second-order valence-electron chi connectivity index (χ2n) is 7.61. The maximum absolute atomic E-state index is 12.6. The fourth-order valence-electron chi connectivity index (χ4n) is 3.60. The number of nitrogens with zero attached hydrogens (tertiary/aromatic N) is 3. The Bertz CT molecular complexity index is 1140. The minimum atomic E-state index is 0.395. The third kappa shape index (κ3) is 3.89. The van der Waals surface area contributed by atoms with Crippen LogP contribution < -0.4 is 9.47 Å². The van der Waals surface area contributed by atoms with E-state index in [1.54, 1.807) is 7.11 Å². The van der Waals surface area contributed by atoms with Crippen molar-refractivity contribution in [1.29, 1.82) is 0 Å². The standard InChI is InChI=1S/C23H25N3O3/c1-16(2)12-25-22(15-28-3)24-20-13-26(27)21-10-9-18(11-19(21)23(20)25)29-14-17-7-5-4-6-8-17/h4-11,13,16H,12,14-15H2,1-3H3. The number of benzene rings is 2. The minimum Gasteiger partial charge on any atom is -0.618 e. The molecule has 2 aromatic carbocycles. The normalized spacial score (nSPS) is 11.6. The zero-order valence-electron chi connectivity index (χ0n) is 17.0. The van der Waals surface area contributed by atoms with Crippen LogP contribution in [0.1, 0.15) is 25.2 Å².